The van der Waals surface area contributed by atoms with E-state index in [0.717, 1.165) is 16.7 Å². The fourth-order valence-corrected chi connectivity index (χ4v) is 2.71. The van der Waals surface area contributed by atoms with E-state index < -0.39 is 18.5 Å². The van der Waals surface area contributed by atoms with Crippen molar-refractivity contribution in [3.63, 3.8) is 0 Å². The summed E-state index contributed by atoms with van der Waals surface area (Å²) in [4.78, 5) is 23.7. The van der Waals surface area contributed by atoms with Gasteiger partial charge < -0.3 is 14.8 Å². The van der Waals surface area contributed by atoms with Crippen molar-refractivity contribution < 1.29 is 19.1 Å². The van der Waals surface area contributed by atoms with E-state index in [0.29, 0.717) is 16.5 Å². The minimum atomic E-state index is -0.616. The van der Waals surface area contributed by atoms with Crippen LogP contribution in [0.3, 0.4) is 0 Å². The molecular weight excluding hydrogens is 354 g/mol. The van der Waals surface area contributed by atoms with Gasteiger partial charge in [0.05, 0.1) is 17.8 Å². The van der Waals surface area contributed by atoms with Gasteiger partial charge in [0, 0.05) is 6.08 Å². The number of hydrogen-bond donors (Lipinski definition) is 1. The lowest BCUT2D eigenvalue weighted by atomic mass is 10.1. The van der Waals surface area contributed by atoms with E-state index in [1.807, 2.05) is 32.0 Å². The number of esters is 1. The summed E-state index contributed by atoms with van der Waals surface area (Å²) in [7, 11) is 1.57. The summed E-state index contributed by atoms with van der Waals surface area (Å²) in [5.74, 6) is -0.387. The number of anilines is 1. The molecule has 0 fully saturated rings. The maximum Gasteiger partial charge on any atom is 0.331 e. The fraction of sp³-hybridized carbons (Fsp3) is 0.200. The van der Waals surface area contributed by atoms with Crippen molar-refractivity contribution in [1.82, 2.24) is 0 Å². The lowest BCUT2D eigenvalue weighted by Crippen LogP contribution is -2.20. The number of benzene rings is 2. The van der Waals surface area contributed by atoms with Crippen LogP contribution in [-0.4, -0.2) is 25.6 Å². The Labute approximate surface area is 157 Å². The number of hydrogen-bond acceptors (Lipinski definition) is 4. The molecule has 136 valence electrons. The topological polar surface area (TPSA) is 64.6 Å². The number of ether oxygens (including phenoxy) is 2. The van der Waals surface area contributed by atoms with Crippen LogP contribution < -0.4 is 10.1 Å². The van der Waals surface area contributed by atoms with Crippen molar-refractivity contribution in [3.8, 4) is 5.75 Å². The number of rotatable bonds is 6. The van der Waals surface area contributed by atoms with Crippen LogP contribution in [0.2, 0.25) is 5.02 Å². The predicted molar refractivity (Wildman–Crippen MR) is 103 cm³/mol. The monoisotopic (exact) mass is 373 g/mol. The molecule has 0 aliphatic rings. The zero-order valence-corrected chi connectivity index (χ0v) is 15.6. The van der Waals surface area contributed by atoms with E-state index >= 15 is 0 Å². The fourth-order valence-electron chi connectivity index (χ4n) is 2.34. The molecule has 0 unspecified atom stereocenters. The van der Waals surface area contributed by atoms with E-state index in [2.05, 4.69) is 5.32 Å². The third-order valence-corrected chi connectivity index (χ3v) is 3.85. The van der Waals surface area contributed by atoms with Gasteiger partial charge >= 0.3 is 5.97 Å². The van der Waals surface area contributed by atoms with Crippen molar-refractivity contribution in [1.29, 1.82) is 0 Å². The second kappa shape index (κ2) is 9.06. The Hall–Kier alpha value is -2.79. The normalized spacial score (nSPS) is 10.6. The molecule has 0 aliphatic carbocycles. The Bertz CT molecular complexity index is 822. The number of nitrogens with one attached hydrogen (secondary N) is 1. The van der Waals surface area contributed by atoms with E-state index in [4.69, 9.17) is 21.1 Å². The molecule has 0 aliphatic heterocycles. The molecule has 0 saturated carbocycles. The summed E-state index contributed by atoms with van der Waals surface area (Å²) in [6.07, 6.45) is 2.84. The van der Waals surface area contributed by atoms with Crippen LogP contribution in [0.4, 0.5) is 5.69 Å². The van der Waals surface area contributed by atoms with Gasteiger partial charge in [0.25, 0.3) is 5.91 Å². The van der Waals surface area contributed by atoms with Crippen molar-refractivity contribution in [2.45, 2.75) is 13.8 Å². The second-order valence-corrected chi connectivity index (χ2v) is 6.11. The van der Waals surface area contributed by atoms with Gasteiger partial charge in [-0.05, 0) is 54.8 Å². The molecule has 0 bridgehead atoms. The second-order valence-electron chi connectivity index (χ2n) is 5.70. The van der Waals surface area contributed by atoms with Gasteiger partial charge in [-0.2, -0.15) is 0 Å². The Kier molecular flexibility index (Phi) is 6.81. The van der Waals surface area contributed by atoms with Gasteiger partial charge in [-0.1, -0.05) is 29.8 Å². The van der Waals surface area contributed by atoms with Crippen LogP contribution >= 0.6 is 11.6 Å². The van der Waals surface area contributed by atoms with Crippen molar-refractivity contribution in [3.05, 3.63) is 64.2 Å². The highest BCUT2D eigenvalue weighted by atomic mass is 35.5. The maximum atomic E-state index is 12.0. The van der Waals surface area contributed by atoms with Crippen LogP contribution in [0.5, 0.6) is 5.75 Å². The molecule has 26 heavy (non-hydrogen) atoms. The van der Waals surface area contributed by atoms with Crippen molar-refractivity contribution in [2.24, 2.45) is 0 Å². The van der Waals surface area contributed by atoms with E-state index in [1.54, 1.807) is 31.4 Å². The average molecular weight is 374 g/mol. The van der Waals surface area contributed by atoms with E-state index in [-0.39, 0.29) is 0 Å². The van der Waals surface area contributed by atoms with Crippen LogP contribution in [0.1, 0.15) is 16.7 Å². The molecule has 1 N–H and O–H groups in total. The molecule has 0 atom stereocenters. The minimum Gasteiger partial charge on any atom is -0.497 e. The third-order valence-electron chi connectivity index (χ3n) is 3.55. The smallest absolute Gasteiger partial charge is 0.331 e. The number of halogens is 1. The van der Waals surface area contributed by atoms with E-state index in [9.17, 15) is 9.59 Å². The molecule has 2 aromatic rings. The summed E-state index contributed by atoms with van der Waals surface area (Å²) >= 11 is 6.14. The number of carbonyl (C=O) groups excluding carboxylic acids is 2. The highest BCUT2D eigenvalue weighted by Gasteiger charge is 2.11. The van der Waals surface area contributed by atoms with Gasteiger partial charge in [-0.15, -0.1) is 0 Å². The first kappa shape index (κ1) is 19.5. The first-order valence-electron chi connectivity index (χ1n) is 7.94. The Morgan fingerprint density at radius 1 is 1.19 bits per heavy atom. The number of amides is 1. The number of aryl methyl sites for hydroxylation is 2. The maximum absolute atomic E-state index is 12.0. The summed E-state index contributed by atoms with van der Waals surface area (Å²) in [6.45, 7) is 3.36. The summed E-state index contributed by atoms with van der Waals surface area (Å²) in [6, 6.07) is 10.9. The zero-order chi connectivity index (χ0) is 19.1. The van der Waals surface area contributed by atoms with Crippen molar-refractivity contribution in [2.75, 3.05) is 19.0 Å². The molecule has 1 amide bonds. The van der Waals surface area contributed by atoms with Gasteiger partial charge in [0.1, 0.15) is 5.75 Å². The highest BCUT2D eigenvalue weighted by molar-refractivity contribution is 6.34. The minimum absolute atomic E-state index is 0.398. The average Bonchev–Trinajstić information content (AvgIpc) is 2.61. The van der Waals surface area contributed by atoms with Gasteiger partial charge in [-0.3, -0.25) is 4.79 Å². The Morgan fingerprint density at radius 3 is 2.65 bits per heavy atom. The summed E-state index contributed by atoms with van der Waals surface area (Å²) in [5, 5.41) is 3.11. The number of carbonyl (C=O) groups is 2. The van der Waals surface area contributed by atoms with Crippen LogP contribution in [0.15, 0.2) is 42.5 Å². The van der Waals surface area contributed by atoms with Crippen LogP contribution in [0.25, 0.3) is 6.08 Å². The predicted octanol–water partition coefficient (Wildman–Crippen LogP) is 4.16. The lowest BCUT2D eigenvalue weighted by Gasteiger charge is -2.11. The molecule has 0 radical (unpaired) electrons. The zero-order valence-electron chi connectivity index (χ0n) is 14.8. The molecule has 0 saturated heterocycles. The quantitative estimate of drug-likeness (QED) is 0.610. The molecule has 5 nitrogen and oxygen atoms in total. The largest absolute Gasteiger partial charge is 0.497 e. The molecule has 2 rings (SSSR count). The molecule has 6 heteroatoms. The summed E-state index contributed by atoms with van der Waals surface area (Å²) < 4.78 is 10.1. The SMILES string of the molecule is COc1cccc(/C=C/C(=O)OCC(=O)Nc2c(C)cc(C)cc2Cl)c1. The molecule has 0 spiro atoms. The molecule has 2 aromatic carbocycles. The molecule has 0 aromatic heterocycles. The highest BCUT2D eigenvalue weighted by Crippen LogP contribution is 2.27. The lowest BCUT2D eigenvalue weighted by molar-refractivity contribution is -0.142. The van der Waals surface area contributed by atoms with Gasteiger partial charge in [0.15, 0.2) is 6.61 Å². The van der Waals surface area contributed by atoms with Crippen LogP contribution in [-0.2, 0) is 14.3 Å². The van der Waals surface area contributed by atoms with Crippen LogP contribution in [0, 0.1) is 13.8 Å². The molecular formula is C20H20ClNO4. The van der Waals surface area contributed by atoms with Gasteiger partial charge in [-0.25, -0.2) is 4.79 Å². The van der Waals surface area contributed by atoms with E-state index in [1.165, 1.54) is 6.08 Å². The Balaban J connectivity index is 1.89. The molecule has 0 heterocycles. The Morgan fingerprint density at radius 2 is 1.96 bits per heavy atom. The third kappa shape index (κ3) is 5.63. The van der Waals surface area contributed by atoms with Gasteiger partial charge in [0.2, 0.25) is 0 Å². The standard InChI is InChI=1S/C20H20ClNO4/c1-13-9-14(2)20(17(21)10-13)22-18(23)12-26-19(24)8-7-15-5-4-6-16(11-15)25-3/h4-11H,12H2,1-3H3,(H,22,23)/b8-7+. The number of methoxy groups -OCH3 is 1. The summed E-state index contributed by atoms with van der Waals surface area (Å²) in [5.41, 5.74) is 3.14. The van der Waals surface area contributed by atoms with Crippen molar-refractivity contribution >= 4 is 35.2 Å². The first-order chi connectivity index (χ1) is 12.4. The first-order valence-corrected chi connectivity index (χ1v) is 8.32.